The highest BCUT2D eigenvalue weighted by Gasteiger charge is 2.35. The molecule has 18 nitrogen and oxygen atoms in total. The molecule has 0 unspecified atom stereocenters. The second kappa shape index (κ2) is 13.8. The zero-order chi connectivity index (χ0) is 24.8. The SMILES string of the molecule is O.O.O=P1([O-])OP(=O)([O-])OP(=O)([O-])OP(=O)([O-])O1.[NH3+]c1ccccc1[NH3+].[NH3+]c1ccccc1[NH3+]. The summed E-state index contributed by atoms with van der Waals surface area (Å²) in [6, 6.07) is 15.6. The molecule has 1 fully saturated rings. The van der Waals surface area contributed by atoms with Gasteiger partial charge < -0.3 is 53.5 Å². The molecule has 1 heterocycles. The molecule has 1 saturated heterocycles. The first-order chi connectivity index (χ1) is 14.4. The minimum atomic E-state index is -5.87. The smallest absolute Gasteiger partial charge is 0.280 e. The fourth-order valence-corrected chi connectivity index (χ4v) is 7.13. The molecule has 16 N–H and O–H groups in total. The third-order valence-electron chi connectivity index (χ3n) is 3.04. The van der Waals surface area contributed by atoms with Crippen LogP contribution in [-0.4, -0.2) is 11.0 Å². The summed E-state index contributed by atoms with van der Waals surface area (Å²) in [5.74, 6) is 0. The van der Waals surface area contributed by atoms with Crippen LogP contribution in [0.2, 0.25) is 0 Å². The Bertz CT molecular complexity index is 936. The third kappa shape index (κ3) is 13.6. The molecular weight excluding hydrogens is 548 g/mol. The van der Waals surface area contributed by atoms with Crippen LogP contribution >= 0.6 is 31.3 Å². The van der Waals surface area contributed by atoms with Crippen LogP contribution in [0.1, 0.15) is 0 Å². The second-order valence-electron chi connectivity index (χ2n) is 5.65. The Kier molecular flexibility index (Phi) is 14.2. The van der Waals surface area contributed by atoms with Gasteiger partial charge in [-0.2, -0.15) is 0 Å². The summed E-state index contributed by atoms with van der Waals surface area (Å²) >= 11 is 0. The van der Waals surface area contributed by atoms with E-state index in [1.54, 1.807) is 0 Å². The van der Waals surface area contributed by atoms with Crippen LogP contribution in [0.5, 0.6) is 0 Å². The average Bonchev–Trinajstić information content (AvgIpc) is 2.56. The van der Waals surface area contributed by atoms with Crippen molar-refractivity contribution in [1.29, 1.82) is 0 Å². The minimum Gasteiger partial charge on any atom is -0.756 e. The molecule has 1 aliphatic heterocycles. The van der Waals surface area contributed by atoms with E-state index in [9.17, 15) is 37.8 Å². The fraction of sp³-hybridized carbons (Fsp3) is 0. The monoisotopic (exact) mass is 572 g/mol. The number of hydrogen-bond acceptors (Lipinski definition) is 12. The Morgan fingerprint density at radius 1 is 0.471 bits per heavy atom. The van der Waals surface area contributed by atoms with Gasteiger partial charge in [0.25, 0.3) is 31.3 Å². The molecule has 34 heavy (non-hydrogen) atoms. The van der Waals surface area contributed by atoms with Crippen molar-refractivity contribution in [3.05, 3.63) is 48.5 Å². The highest BCUT2D eigenvalue weighted by molar-refractivity contribution is 7.73. The molecule has 22 heteroatoms. The number of benzene rings is 2. The fourth-order valence-electron chi connectivity index (χ4n) is 1.66. The lowest BCUT2D eigenvalue weighted by Gasteiger charge is -2.41. The number of rotatable bonds is 0. The van der Waals surface area contributed by atoms with Gasteiger partial charge in [0.15, 0.2) is 22.7 Å². The summed E-state index contributed by atoms with van der Waals surface area (Å²) in [7, 11) is -23.5. The molecule has 0 atom stereocenters. The molecule has 0 aromatic heterocycles. The number of hydrogen-bond donors (Lipinski definition) is 4. The third-order valence-corrected chi connectivity index (χ3v) is 9.44. The van der Waals surface area contributed by atoms with Crippen LogP contribution in [0.15, 0.2) is 48.5 Å². The van der Waals surface area contributed by atoms with Gasteiger partial charge in [-0.25, -0.2) is 17.2 Å². The average molecular weight is 572 g/mol. The van der Waals surface area contributed by atoms with Gasteiger partial charge in [-0.15, -0.1) is 0 Å². The molecule has 2 aromatic carbocycles. The van der Waals surface area contributed by atoms with Crippen molar-refractivity contribution in [1.82, 2.24) is 0 Å². The van der Waals surface area contributed by atoms with E-state index < -0.39 is 31.3 Å². The first-order valence-electron chi connectivity index (χ1n) is 7.99. The van der Waals surface area contributed by atoms with Crippen molar-refractivity contribution >= 4 is 54.0 Å². The lowest BCUT2D eigenvalue weighted by molar-refractivity contribution is -0.299. The van der Waals surface area contributed by atoms with Crippen molar-refractivity contribution in [2.75, 3.05) is 0 Å². The van der Waals surface area contributed by atoms with E-state index in [0.29, 0.717) is 0 Å². The van der Waals surface area contributed by atoms with E-state index in [1.807, 2.05) is 48.5 Å². The topological polar surface area (TPSA) is 371 Å². The minimum absolute atomic E-state index is 0. The highest BCUT2D eigenvalue weighted by Crippen LogP contribution is 2.73. The lowest BCUT2D eigenvalue weighted by atomic mass is 10.3. The Labute approximate surface area is 192 Å². The van der Waals surface area contributed by atoms with E-state index in [-0.39, 0.29) is 11.0 Å². The van der Waals surface area contributed by atoms with Crippen LogP contribution in [0.4, 0.5) is 22.7 Å². The van der Waals surface area contributed by atoms with E-state index in [2.05, 4.69) is 40.2 Å². The maximum absolute atomic E-state index is 10.6. The van der Waals surface area contributed by atoms with Gasteiger partial charge in [0.2, 0.25) is 0 Å². The molecule has 0 saturated carbocycles. The molecular formula is C12H24N4O14P4. The van der Waals surface area contributed by atoms with Crippen LogP contribution < -0.4 is 42.5 Å². The highest BCUT2D eigenvalue weighted by atomic mass is 31.3. The van der Waals surface area contributed by atoms with Gasteiger partial charge in [0.05, 0.1) is 0 Å². The van der Waals surface area contributed by atoms with Crippen molar-refractivity contribution in [2.45, 2.75) is 0 Å². The predicted molar refractivity (Wildman–Crippen MR) is 105 cm³/mol. The second-order valence-corrected chi connectivity index (χ2v) is 11.8. The normalized spacial score (nSPS) is 30.4. The zero-order valence-corrected chi connectivity index (χ0v) is 20.7. The lowest BCUT2D eigenvalue weighted by Crippen LogP contribution is -2.49. The standard InChI is InChI=1S/2C6H8N2.H4O12P4.2H2O/c2*7-5-3-1-2-4-6(5)8;1-13(2)9-14(3,4)11-16(7,8)12-15(5,6)10-13;;/h2*1-4H,7-8H2;(H,1,2)(H,3,4)(H,5,6)(H,7,8);2*1H2. The van der Waals surface area contributed by atoms with Gasteiger partial charge in [0, 0.05) is 24.3 Å². The Balaban J connectivity index is 0. The summed E-state index contributed by atoms with van der Waals surface area (Å²) < 4.78 is 54.5. The quantitative estimate of drug-likeness (QED) is 0.216. The summed E-state index contributed by atoms with van der Waals surface area (Å²) in [5, 5.41) is 0. The van der Waals surface area contributed by atoms with Gasteiger partial charge >= 0.3 is 0 Å². The maximum Gasteiger partial charge on any atom is 0.280 e. The molecule has 3 rings (SSSR count). The van der Waals surface area contributed by atoms with Crippen LogP contribution in [-0.2, 0) is 35.5 Å². The van der Waals surface area contributed by atoms with E-state index in [1.165, 1.54) is 0 Å². The Morgan fingerprint density at radius 2 is 0.618 bits per heavy atom. The molecule has 196 valence electrons. The van der Waals surface area contributed by atoms with Gasteiger partial charge in [-0.1, -0.05) is 24.3 Å². The summed E-state index contributed by atoms with van der Waals surface area (Å²) in [6.07, 6.45) is 0. The van der Waals surface area contributed by atoms with E-state index in [0.717, 1.165) is 22.7 Å². The van der Waals surface area contributed by atoms with Crippen LogP contribution in [0.3, 0.4) is 0 Å². The first kappa shape index (κ1) is 35.0. The van der Waals surface area contributed by atoms with Crippen molar-refractivity contribution in [2.24, 2.45) is 0 Å². The van der Waals surface area contributed by atoms with Crippen LogP contribution in [0, 0.1) is 0 Å². The van der Waals surface area contributed by atoms with Gasteiger partial charge in [-0.3, -0.25) is 18.3 Å². The summed E-state index contributed by atoms with van der Waals surface area (Å²) in [4.78, 5) is 42.2. The van der Waals surface area contributed by atoms with Crippen molar-refractivity contribution in [3.63, 3.8) is 0 Å². The predicted octanol–water partition coefficient (Wildman–Crippen LogP) is -4.84. The molecule has 0 bridgehead atoms. The van der Waals surface area contributed by atoms with Crippen molar-refractivity contribution in [3.8, 4) is 0 Å². The molecule has 1 aliphatic rings. The molecule has 2 aromatic rings. The molecule has 0 radical (unpaired) electrons. The van der Waals surface area contributed by atoms with E-state index in [4.69, 9.17) is 0 Å². The van der Waals surface area contributed by atoms with Crippen molar-refractivity contribution < 1.29 is 89.0 Å². The Hall–Kier alpha value is -1.20. The summed E-state index contributed by atoms with van der Waals surface area (Å²) in [6.45, 7) is 0. The number of phosphoric acid groups is 4. The van der Waals surface area contributed by atoms with Gasteiger partial charge in [-0.05, 0) is 0 Å². The van der Waals surface area contributed by atoms with E-state index >= 15 is 0 Å². The largest absolute Gasteiger partial charge is 0.756 e. The van der Waals surface area contributed by atoms with Gasteiger partial charge in [0.1, 0.15) is 0 Å². The Morgan fingerprint density at radius 3 is 0.735 bits per heavy atom. The zero-order valence-electron chi connectivity index (χ0n) is 17.1. The maximum atomic E-state index is 10.6. The first-order valence-corrected chi connectivity index (χ1v) is 13.8. The molecule has 0 spiro atoms. The number of quaternary nitrogens is 4. The van der Waals surface area contributed by atoms with Crippen LogP contribution in [0.25, 0.3) is 0 Å². The molecule has 0 aliphatic carbocycles. The summed E-state index contributed by atoms with van der Waals surface area (Å²) in [5.41, 5.74) is 19.1. The molecule has 0 amide bonds.